The Balaban J connectivity index is 1.88. The molecule has 0 saturated heterocycles. The third-order valence-corrected chi connectivity index (χ3v) is 6.40. The molecule has 0 radical (unpaired) electrons. The minimum atomic E-state index is -1.18. The number of thiazole rings is 1. The minimum Gasteiger partial charge on any atom is -0.466 e. The molecule has 0 amide bonds. The second-order valence-electron chi connectivity index (χ2n) is 7.44. The van der Waals surface area contributed by atoms with Crippen molar-refractivity contribution in [3.63, 3.8) is 0 Å². The Morgan fingerprint density at radius 3 is 2.47 bits per heavy atom. The summed E-state index contributed by atoms with van der Waals surface area (Å²) in [5, 5.41) is 14.8. The van der Waals surface area contributed by atoms with Gasteiger partial charge in [-0.1, -0.05) is 54.6 Å². The lowest BCUT2D eigenvalue weighted by Gasteiger charge is -2.28. The summed E-state index contributed by atoms with van der Waals surface area (Å²) in [6.07, 6.45) is 0. The van der Waals surface area contributed by atoms with Gasteiger partial charge in [0.15, 0.2) is 0 Å². The van der Waals surface area contributed by atoms with E-state index >= 15 is 0 Å². The summed E-state index contributed by atoms with van der Waals surface area (Å²) in [6.45, 7) is 3.30. The second kappa shape index (κ2) is 8.84. The van der Waals surface area contributed by atoms with Gasteiger partial charge in [-0.15, -0.1) is 11.3 Å². The fourth-order valence-corrected chi connectivity index (χ4v) is 4.98. The van der Waals surface area contributed by atoms with E-state index in [1.807, 2.05) is 60.0 Å². The normalized spacial score (nSPS) is 18.3. The first kappa shape index (κ1) is 21.6. The Kier molecular flexibility index (Phi) is 5.96. The monoisotopic (exact) mass is 447 g/mol. The number of rotatable bonds is 5. The van der Waals surface area contributed by atoms with Crippen molar-refractivity contribution in [3.05, 3.63) is 86.9 Å². The van der Waals surface area contributed by atoms with Gasteiger partial charge in [-0.05, 0) is 19.4 Å². The Bertz CT molecular complexity index is 1250. The van der Waals surface area contributed by atoms with Gasteiger partial charge in [-0.25, -0.2) is 9.78 Å². The van der Waals surface area contributed by atoms with Crippen molar-refractivity contribution >= 4 is 23.0 Å². The minimum absolute atomic E-state index is 0.201. The Labute approximate surface area is 189 Å². The Morgan fingerprint density at radius 1 is 1.09 bits per heavy atom. The van der Waals surface area contributed by atoms with Crippen molar-refractivity contribution in [2.75, 3.05) is 7.11 Å². The molecule has 162 valence electrons. The van der Waals surface area contributed by atoms with Crippen molar-refractivity contribution in [1.29, 1.82) is 0 Å². The summed E-state index contributed by atoms with van der Waals surface area (Å²) in [4.78, 5) is 33.5. The number of hydrogen-bond donors (Lipinski definition) is 0. The molecule has 1 aromatic heterocycles. The number of methoxy groups -OCH3 is 1. The van der Waals surface area contributed by atoms with Crippen molar-refractivity contribution in [3.8, 4) is 21.8 Å². The highest BCUT2D eigenvalue weighted by Gasteiger charge is 2.45. The van der Waals surface area contributed by atoms with E-state index in [0.717, 1.165) is 21.8 Å². The van der Waals surface area contributed by atoms with Crippen LogP contribution in [0.4, 0.5) is 0 Å². The summed E-state index contributed by atoms with van der Waals surface area (Å²) in [5.41, 5.74) is 4.19. The van der Waals surface area contributed by atoms with Gasteiger partial charge in [0.05, 0.1) is 30.0 Å². The molecule has 2 aromatic carbocycles. The van der Waals surface area contributed by atoms with Crippen LogP contribution in [-0.2, 0) is 9.53 Å². The first-order valence-corrected chi connectivity index (χ1v) is 10.9. The molecule has 2 atom stereocenters. The van der Waals surface area contributed by atoms with Gasteiger partial charge >= 0.3 is 5.97 Å². The van der Waals surface area contributed by atoms with Crippen molar-refractivity contribution in [1.82, 2.24) is 4.98 Å². The molecule has 0 N–H and O–H groups in total. The van der Waals surface area contributed by atoms with Gasteiger partial charge in [0, 0.05) is 27.1 Å². The van der Waals surface area contributed by atoms with E-state index in [-0.39, 0.29) is 10.5 Å². The highest BCUT2D eigenvalue weighted by molar-refractivity contribution is 7.13. The molecule has 0 aliphatic carbocycles. The molecule has 2 unspecified atom stereocenters. The molecular formula is C24H21N3O4S. The summed E-state index contributed by atoms with van der Waals surface area (Å²) in [5.74, 6) is -1.45. The van der Waals surface area contributed by atoms with Gasteiger partial charge in [-0.3, -0.25) is 15.1 Å². The summed E-state index contributed by atoms with van der Waals surface area (Å²) < 4.78 is 4.98. The van der Waals surface area contributed by atoms with Crippen LogP contribution in [0.5, 0.6) is 0 Å². The Hall–Kier alpha value is -3.65. The molecule has 4 rings (SSSR count). The fourth-order valence-electron chi connectivity index (χ4n) is 4.10. The number of nitrogens with zero attached hydrogens (tertiary/aromatic N) is 3. The number of aromatic nitrogens is 1. The number of allylic oxidation sites excluding steroid dienone is 1. The average molecular weight is 448 g/mol. The smallest absolute Gasteiger partial charge is 0.336 e. The third-order valence-electron chi connectivity index (χ3n) is 5.52. The number of ether oxygens (including phenoxy) is 1. The van der Waals surface area contributed by atoms with Gasteiger partial charge in [0.25, 0.3) is 6.04 Å². The van der Waals surface area contributed by atoms with E-state index in [0.29, 0.717) is 17.0 Å². The average Bonchev–Trinajstić information content (AvgIpc) is 3.28. The van der Waals surface area contributed by atoms with Crippen molar-refractivity contribution in [2.24, 2.45) is 4.99 Å². The number of hydrogen-bond acceptors (Lipinski definition) is 7. The standard InChI is InChI=1S/C24H21N3O4S/c1-14-20(24(28)31-3)21(22(27(29)30)15(2)25-14)17-11-7-8-12-18(17)23-26-19(13-32-23)16-9-5-4-6-10-16/h4-13,21-22H,1-3H3. The van der Waals surface area contributed by atoms with Crippen LogP contribution in [0.3, 0.4) is 0 Å². The van der Waals surface area contributed by atoms with Gasteiger partial charge in [0.2, 0.25) is 0 Å². The van der Waals surface area contributed by atoms with Crippen LogP contribution >= 0.6 is 11.3 Å². The maximum atomic E-state index is 12.7. The number of esters is 1. The zero-order valence-corrected chi connectivity index (χ0v) is 18.6. The van der Waals surface area contributed by atoms with Gasteiger partial charge in [0.1, 0.15) is 5.01 Å². The first-order valence-electron chi connectivity index (χ1n) is 10.0. The maximum Gasteiger partial charge on any atom is 0.336 e. The van der Waals surface area contributed by atoms with E-state index < -0.39 is 17.9 Å². The molecule has 1 aliphatic heterocycles. The first-order chi connectivity index (χ1) is 15.4. The molecule has 0 bridgehead atoms. The largest absolute Gasteiger partial charge is 0.466 e. The van der Waals surface area contributed by atoms with Crippen molar-refractivity contribution < 1.29 is 14.5 Å². The fraction of sp³-hybridized carbons (Fsp3) is 0.208. The SMILES string of the molecule is COC(=O)C1=C(C)N=C(C)C([N+](=O)[O-])C1c1ccccc1-c1nc(-c2ccccc2)cs1. The van der Waals surface area contributed by atoms with E-state index in [4.69, 9.17) is 9.72 Å². The molecule has 2 heterocycles. The van der Waals surface area contributed by atoms with Crippen LogP contribution in [0.15, 0.2) is 76.2 Å². The summed E-state index contributed by atoms with van der Waals surface area (Å²) in [7, 11) is 1.27. The molecule has 0 saturated carbocycles. The van der Waals surface area contributed by atoms with Crippen LogP contribution in [-0.4, -0.2) is 34.7 Å². The molecule has 3 aromatic rings. The van der Waals surface area contributed by atoms with Crippen LogP contribution in [0.1, 0.15) is 25.3 Å². The molecule has 7 nitrogen and oxygen atoms in total. The summed E-state index contributed by atoms with van der Waals surface area (Å²) >= 11 is 1.46. The molecule has 32 heavy (non-hydrogen) atoms. The summed E-state index contributed by atoms with van der Waals surface area (Å²) in [6, 6.07) is 16.0. The third kappa shape index (κ3) is 3.85. The molecule has 8 heteroatoms. The van der Waals surface area contributed by atoms with Crippen molar-refractivity contribution in [2.45, 2.75) is 25.8 Å². The quantitative estimate of drug-likeness (QED) is 0.307. The van der Waals surface area contributed by atoms with Crippen LogP contribution in [0.2, 0.25) is 0 Å². The second-order valence-corrected chi connectivity index (χ2v) is 8.30. The van der Waals surface area contributed by atoms with Crippen LogP contribution < -0.4 is 0 Å². The van der Waals surface area contributed by atoms with E-state index in [1.165, 1.54) is 18.4 Å². The number of nitro groups is 1. The maximum absolute atomic E-state index is 12.7. The molecular weight excluding hydrogens is 426 g/mol. The number of aliphatic imine (C=N–C) groups is 1. The lowest BCUT2D eigenvalue weighted by atomic mass is 9.78. The zero-order valence-electron chi connectivity index (χ0n) is 17.8. The molecule has 0 fully saturated rings. The van der Waals surface area contributed by atoms with Gasteiger partial charge < -0.3 is 4.74 Å². The van der Waals surface area contributed by atoms with E-state index in [9.17, 15) is 14.9 Å². The highest BCUT2D eigenvalue weighted by Crippen LogP contribution is 2.42. The lowest BCUT2D eigenvalue weighted by molar-refractivity contribution is -0.505. The van der Waals surface area contributed by atoms with Crippen LogP contribution in [0, 0.1) is 10.1 Å². The van der Waals surface area contributed by atoms with Gasteiger partial charge in [-0.2, -0.15) is 0 Å². The predicted molar refractivity (Wildman–Crippen MR) is 124 cm³/mol. The number of carbonyl (C=O) groups is 1. The Morgan fingerprint density at radius 2 is 1.78 bits per heavy atom. The predicted octanol–water partition coefficient (Wildman–Crippen LogP) is 5.13. The number of benzene rings is 2. The highest BCUT2D eigenvalue weighted by atomic mass is 32.1. The topological polar surface area (TPSA) is 94.7 Å². The zero-order chi connectivity index (χ0) is 22.8. The number of carbonyl (C=O) groups excluding carboxylic acids is 1. The van der Waals surface area contributed by atoms with E-state index in [2.05, 4.69) is 4.99 Å². The van der Waals surface area contributed by atoms with E-state index in [1.54, 1.807) is 13.8 Å². The molecule has 1 aliphatic rings. The lowest BCUT2D eigenvalue weighted by Crippen LogP contribution is -2.40. The van der Waals surface area contributed by atoms with Crippen LogP contribution in [0.25, 0.3) is 21.8 Å². The molecule has 0 spiro atoms.